The van der Waals surface area contributed by atoms with Crippen molar-refractivity contribution in [3.63, 3.8) is 0 Å². The van der Waals surface area contributed by atoms with Crippen LogP contribution in [0.3, 0.4) is 0 Å². The van der Waals surface area contributed by atoms with Gasteiger partial charge in [0, 0.05) is 26.2 Å². The number of thioether (sulfide) groups is 1. The molecule has 23 heavy (non-hydrogen) atoms. The maximum Gasteiger partial charge on any atom is 0.230 e. The summed E-state index contributed by atoms with van der Waals surface area (Å²) in [4.78, 5) is 14.1. The average Bonchev–Trinajstić information content (AvgIpc) is 3.00. The molecule has 0 radical (unpaired) electrons. The number of hydrogen-bond acceptors (Lipinski definition) is 6. The summed E-state index contributed by atoms with van der Waals surface area (Å²) in [5.41, 5.74) is 0. The minimum absolute atomic E-state index is 0.0599. The van der Waals surface area contributed by atoms with Crippen molar-refractivity contribution in [3.8, 4) is 0 Å². The van der Waals surface area contributed by atoms with Crippen LogP contribution in [0.25, 0.3) is 0 Å². The molecule has 7 nitrogen and oxygen atoms in total. The Balaban J connectivity index is 1.85. The molecule has 1 aliphatic rings. The first-order valence-corrected chi connectivity index (χ1v) is 9.40. The van der Waals surface area contributed by atoms with Gasteiger partial charge in [-0.3, -0.25) is 9.36 Å². The lowest BCUT2D eigenvalue weighted by Gasteiger charge is -2.27. The maximum absolute atomic E-state index is 11.9. The smallest absolute Gasteiger partial charge is 0.230 e. The van der Waals surface area contributed by atoms with E-state index in [1.54, 1.807) is 0 Å². The van der Waals surface area contributed by atoms with Crippen molar-refractivity contribution in [1.82, 2.24) is 20.1 Å². The topological polar surface area (TPSA) is 72.3 Å². The molecule has 1 aromatic rings. The van der Waals surface area contributed by atoms with Gasteiger partial charge in [0.05, 0.1) is 19.0 Å². The van der Waals surface area contributed by atoms with Crippen LogP contribution in [0.5, 0.6) is 0 Å². The van der Waals surface area contributed by atoms with Gasteiger partial charge in [0.25, 0.3) is 0 Å². The Kier molecular flexibility index (Phi) is 7.67. The zero-order chi connectivity index (χ0) is 16.5. The van der Waals surface area contributed by atoms with Crippen LogP contribution in [-0.2, 0) is 16.1 Å². The van der Waals surface area contributed by atoms with Crippen LogP contribution in [0.2, 0.25) is 0 Å². The lowest BCUT2D eigenvalue weighted by molar-refractivity contribution is -0.118. The molecule has 0 saturated carbocycles. The Bertz CT molecular complexity index is 488. The monoisotopic (exact) mass is 341 g/mol. The molecule has 0 atom stereocenters. The summed E-state index contributed by atoms with van der Waals surface area (Å²) in [6, 6.07) is 0. The summed E-state index contributed by atoms with van der Waals surface area (Å²) in [6.07, 6.45) is 3.36. The highest BCUT2D eigenvalue weighted by Crippen LogP contribution is 2.22. The molecule has 1 N–H and O–H groups in total. The van der Waals surface area contributed by atoms with E-state index in [1.807, 2.05) is 0 Å². The number of amides is 1. The molecule has 1 fully saturated rings. The van der Waals surface area contributed by atoms with Gasteiger partial charge in [-0.1, -0.05) is 31.5 Å². The summed E-state index contributed by atoms with van der Waals surface area (Å²) >= 11 is 1.45. The number of carbonyl (C=O) groups is 1. The molecule has 0 aromatic carbocycles. The molecule has 8 heteroatoms. The van der Waals surface area contributed by atoms with E-state index in [-0.39, 0.29) is 5.91 Å². The second-order valence-electron chi connectivity index (χ2n) is 5.47. The van der Waals surface area contributed by atoms with Crippen LogP contribution < -0.4 is 10.2 Å². The number of unbranched alkanes of at least 4 members (excludes halogenated alkanes) is 2. The van der Waals surface area contributed by atoms with Crippen LogP contribution in [0.15, 0.2) is 5.16 Å². The van der Waals surface area contributed by atoms with Gasteiger partial charge in [-0.25, -0.2) is 0 Å². The SMILES string of the molecule is CCCCCNC(=O)CSc1nnc(N2CCOCC2)n1CC. The van der Waals surface area contributed by atoms with Gasteiger partial charge in [-0.2, -0.15) is 0 Å². The number of aromatic nitrogens is 3. The standard InChI is InChI=1S/C15H27N5O2S/c1-3-5-6-7-16-13(21)12-23-15-18-17-14(20(15)4-2)19-8-10-22-11-9-19/h3-12H2,1-2H3,(H,16,21). The van der Waals surface area contributed by atoms with E-state index in [9.17, 15) is 4.79 Å². The highest BCUT2D eigenvalue weighted by Gasteiger charge is 2.20. The number of nitrogens with zero attached hydrogens (tertiary/aromatic N) is 4. The molecular formula is C15H27N5O2S. The molecular weight excluding hydrogens is 314 g/mol. The lowest BCUT2D eigenvalue weighted by Crippen LogP contribution is -2.38. The van der Waals surface area contributed by atoms with Crippen molar-refractivity contribution in [2.45, 2.75) is 44.8 Å². The highest BCUT2D eigenvalue weighted by molar-refractivity contribution is 7.99. The van der Waals surface area contributed by atoms with E-state index in [0.717, 1.165) is 69.8 Å². The van der Waals surface area contributed by atoms with E-state index in [4.69, 9.17) is 4.74 Å². The predicted octanol–water partition coefficient (Wildman–Crippen LogP) is 1.53. The van der Waals surface area contributed by atoms with E-state index in [2.05, 4.69) is 38.8 Å². The van der Waals surface area contributed by atoms with Crippen LogP contribution in [-0.4, -0.2) is 59.3 Å². The van der Waals surface area contributed by atoms with Gasteiger partial charge < -0.3 is 15.0 Å². The zero-order valence-corrected chi connectivity index (χ0v) is 14.9. The average molecular weight is 341 g/mol. The van der Waals surface area contributed by atoms with Crippen LogP contribution >= 0.6 is 11.8 Å². The fraction of sp³-hybridized carbons (Fsp3) is 0.800. The van der Waals surface area contributed by atoms with Crippen molar-refractivity contribution in [3.05, 3.63) is 0 Å². The van der Waals surface area contributed by atoms with Crippen LogP contribution in [0.1, 0.15) is 33.1 Å². The Morgan fingerprint density at radius 1 is 1.26 bits per heavy atom. The third-order valence-electron chi connectivity index (χ3n) is 3.74. The Morgan fingerprint density at radius 2 is 2.04 bits per heavy atom. The van der Waals surface area contributed by atoms with Crippen LogP contribution in [0, 0.1) is 0 Å². The maximum atomic E-state index is 11.9. The van der Waals surface area contributed by atoms with Crippen molar-refractivity contribution in [1.29, 1.82) is 0 Å². The number of morpholine rings is 1. The number of rotatable bonds is 9. The number of hydrogen-bond donors (Lipinski definition) is 1. The normalized spacial score (nSPS) is 15.0. The lowest BCUT2D eigenvalue weighted by atomic mass is 10.2. The van der Waals surface area contributed by atoms with E-state index < -0.39 is 0 Å². The minimum Gasteiger partial charge on any atom is -0.378 e. The Morgan fingerprint density at radius 3 is 2.74 bits per heavy atom. The summed E-state index contributed by atoms with van der Waals surface area (Å²) in [7, 11) is 0. The van der Waals surface area contributed by atoms with Gasteiger partial charge in [-0.05, 0) is 13.3 Å². The van der Waals surface area contributed by atoms with Gasteiger partial charge in [0.15, 0.2) is 5.16 Å². The fourth-order valence-electron chi connectivity index (χ4n) is 2.45. The molecule has 1 saturated heterocycles. The summed E-state index contributed by atoms with van der Waals surface area (Å²) in [5, 5.41) is 12.3. The largest absolute Gasteiger partial charge is 0.378 e. The number of nitrogens with one attached hydrogen (secondary N) is 1. The molecule has 130 valence electrons. The highest BCUT2D eigenvalue weighted by atomic mass is 32.2. The van der Waals surface area contributed by atoms with E-state index in [1.165, 1.54) is 11.8 Å². The van der Waals surface area contributed by atoms with E-state index in [0.29, 0.717) is 5.75 Å². The second-order valence-corrected chi connectivity index (χ2v) is 6.41. The van der Waals surface area contributed by atoms with Gasteiger partial charge in [-0.15, -0.1) is 10.2 Å². The van der Waals surface area contributed by atoms with Crippen molar-refractivity contribution >= 4 is 23.6 Å². The van der Waals surface area contributed by atoms with Gasteiger partial charge in [0.1, 0.15) is 0 Å². The zero-order valence-electron chi connectivity index (χ0n) is 14.1. The molecule has 0 unspecified atom stereocenters. The first-order valence-electron chi connectivity index (χ1n) is 8.41. The number of anilines is 1. The van der Waals surface area contributed by atoms with Crippen LogP contribution in [0.4, 0.5) is 5.95 Å². The van der Waals surface area contributed by atoms with Crippen molar-refractivity contribution < 1.29 is 9.53 Å². The Hall–Kier alpha value is -1.28. The van der Waals surface area contributed by atoms with E-state index >= 15 is 0 Å². The quantitative estimate of drug-likeness (QED) is 0.542. The van der Waals surface area contributed by atoms with Crippen molar-refractivity contribution in [2.24, 2.45) is 0 Å². The summed E-state index contributed by atoms with van der Waals surface area (Å²) in [5.74, 6) is 1.32. The Labute approximate surface area is 142 Å². The molecule has 1 aromatic heterocycles. The third-order valence-corrected chi connectivity index (χ3v) is 4.71. The first kappa shape index (κ1) is 18.1. The molecule has 0 spiro atoms. The predicted molar refractivity (Wildman–Crippen MR) is 92.0 cm³/mol. The summed E-state index contributed by atoms with van der Waals surface area (Å²) < 4.78 is 7.45. The summed E-state index contributed by atoms with van der Waals surface area (Å²) in [6.45, 7) is 8.89. The number of ether oxygens (including phenoxy) is 1. The van der Waals surface area contributed by atoms with Gasteiger partial charge >= 0.3 is 0 Å². The molecule has 1 aliphatic heterocycles. The van der Waals surface area contributed by atoms with Gasteiger partial charge in [0.2, 0.25) is 11.9 Å². The van der Waals surface area contributed by atoms with Crippen molar-refractivity contribution in [2.75, 3.05) is 43.5 Å². The molecule has 2 heterocycles. The fourth-order valence-corrected chi connectivity index (χ4v) is 3.27. The second kappa shape index (κ2) is 9.77. The molecule has 0 bridgehead atoms. The molecule has 0 aliphatic carbocycles. The number of carbonyl (C=O) groups excluding carboxylic acids is 1. The molecule has 1 amide bonds. The molecule has 2 rings (SSSR count). The minimum atomic E-state index is 0.0599. The third kappa shape index (κ3) is 5.39. The first-order chi connectivity index (χ1) is 11.3.